The van der Waals surface area contributed by atoms with Crippen LogP contribution < -0.4 is 0 Å². The summed E-state index contributed by atoms with van der Waals surface area (Å²) in [4.78, 5) is 10.6. The zero-order valence-corrected chi connectivity index (χ0v) is 10.4. The van der Waals surface area contributed by atoms with Gasteiger partial charge in [-0.25, -0.2) is 9.78 Å². The average molecular weight is 224 g/mol. The highest BCUT2D eigenvalue weighted by Gasteiger charge is 2.23. The summed E-state index contributed by atoms with van der Waals surface area (Å²) in [5.41, 5.74) is 0.589. The molecular formula is C13H20O3. The highest BCUT2D eigenvalue weighted by Crippen LogP contribution is 2.24. The zero-order valence-electron chi connectivity index (χ0n) is 10.4. The Morgan fingerprint density at radius 3 is 2.38 bits per heavy atom. The van der Waals surface area contributed by atoms with E-state index in [1.807, 2.05) is 58.0 Å². The van der Waals surface area contributed by atoms with Crippen molar-refractivity contribution in [3.05, 3.63) is 35.9 Å². The molecule has 0 radical (unpaired) electrons. The van der Waals surface area contributed by atoms with Crippen molar-refractivity contribution in [1.82, 2.24) is 0 Å². The van der Waals surface area contributed by atoms with E-state index in [1.54, 1.807) is 0 Å². The third-order valence-electron chi connectivity index (χ3n) is 2.26. The van der Waals surface area contributed by atoms with Gasteiger partial charge in [-0.15, -0.1) is 0 Å². The van der Waals surface area contributed by atoms with Crippen molar-refractivity contribution < 1.29 is 14.5 Å². The van der Waals surface area contributed by atoms with Crippen LogP contribution in [0.4, 0.5) is 0 Å². The molecule has 0 aliphatic rings. The van der Waals surface area contributed by atoms with Gasteiger partial charge < -0.3 is 4.74 Å². The van der Waals surface area contributed by atoms with Crippen molar-refractivity contribution in [1.29, 1.82) is 0 Å². The SMILES string of the molecule is CCOC(C)OOC(C)(C)c1ccccc1. The molecule has 0 aliphatic carbocycles. The summed E-state index contributed by atoms with van der Waals surface area (Å²) < 4.78 is 5.23. The number of rotatable bonds is 6. The lowest BCUT2D eigenvalue weighted by atomic mass is 9.99. The van der Waals surface area contributed by atoms with Gasteiger partial charge in [0.05, 0.1) is 0 Å². The molecule has 90 valence electrons. The fourth-order valence-corrected chi connectivity index (χ4v) is 1.34. The first-order valence-corrected chi connectivity index (χ1v) is 5.58. The molecule has 3 nitrogen and oxygen atoms in total. The summed E-state index contributed by atoms with van der Waals surface area (Å²) in [6.07, 6.45) is -0.354. The number of hydrogen-bond acceptors (Lipinski definition) is 3. The Labute approximate surface area is 97.3 Å². The molecular weight excluding hydrogens is 204 g/mol. The maximum atomic E-state index is 5.40. The first-order chi connectivity index (χ1) is 7.56. The standard InChI is InChI=1S/C13H20O3/c1-5-14-11(2)15-16-13(3,4)12-9-7-6-8-10-12/h6-11H,5H2,1-4H3. The molecule has 1 aromatic carbocycles. The smallest absolute Gasteiger partial charge is 0.188 e. The molecule has 1 rings (SSSR count). The van der Waals surface area contributed by atoms with E-state index >= 15 is 0 Å². The van der Waals surface area contributed by atoms with Crippen LogP contribution >= 0.6 is 0 Å². The molecule has 3 heteroatoms. The summed E-state index contributed by atoms with van der Waals surface area (Å²) >= 11 is 0. The second-order valence-electron chi connectivity index (χ2n) is 4.08. The predicted octanol–water partition coefficient (Wildman–Crippen LogP) is 3.25. The highest BCUT2D eigenvalue weighted by atomic mass is 17.2. The summed E-state index contributed by atoms with van der Waals surface area (Å²) in [6, 6.07) is 9.95. The van der Waals surface area contributed by atoms with Crippen LogP contribution in [0.2, 0.25) is 0 Å². The van der Waals surface area contributed by atoms with Gasteiger partial charge in [0.1, 0.15) is 5.60 Å². The maximum absolute atomic E-state index is 5.40. The second kappa shape index (κ2) is 5.99. The van der Waals surface area contributed by atoms with Gasteiger partial charge in [-0.1, -0.05) is 30.3 Å². The van der Waals surface area contributed by atoms with E-state index in [9.17, 15) is 0 Å². The van der Waals surface area contributed by atoms with Crippen LogP contribution in [0.5, 0.6) is 0 Å². The molecule has 0 saturated carbocycles. The van der Waals surface area contributed by atoms with Crippen molar-refractivity contribution in [3.63, 3.8) is 0 Å². The van der Waals surface area contributed by atoms with Crippen LogP contribution in [0, 0.1) is 0 Å². The molecule has 0 bridgehead atoms. The predicted molar refractivity (Wildman–Crippen MR) is 62.7 cm³/mol. The molecule has 0 aromatic heterocycles. The van der Waals surface area contributed by atoms with Crippen molar-refractivity contribution >= 4 is 0 Å². The Morgan fingerprint density at radius 1 is 1.19 bits per heavy atom. The average Bonchev–Trinajstić information content (AvgIpc) is 2.28. The largest absolute Gasteiger partial charge is 0.350 e. The van der Waals surface area contributed by atoms with E-state index in [4.69, 9.17) is 14.5 Å². The summed E-state index contributed by atoms with van der Waals surface area (Å²) in [6.45, 7) is 8.26. The van der Waals surface area contributed by atoms with E-state index in [2.05, 4.69) is 0 Å². The molecule has 0 N–H and O–H groups in total. The van der Waals surface area contributed by atoms with E-state index in [1.165, 1.54) is 0 Å². The van der Waals surface area contributed by atoms with Crippen LogP contribution in [0.3, 0.4) is 0 Å². The van der Waals surface area contributed by atoms with E-state index < -0.39 is 5.60 Å². The number of benzene rings is 1. The van der Waals surface area contributed by atoms with Gasteiger partial charge in [0.25, 0.3) is 0 Å². The minimum Gasteiger partial charge on any atom is -0.350 e. The van der Waals surface area contributed by atoms with Crippen LogP contribution in [-0.4, -0.2) is 12.9 Å². The summed E-state index contributed by atoms with van der Waals surface area (Å²) in [5, 5.41) is 0. The topological polar surface area (TPSA) is 27.7 Å². The van der Waals surface area contributed by atoms with Gasteiger partial charge in [0, 0.05) is 6.61 Å². The molecule has 0 spiro atoms. The van der Waals surface area contributed by atoms with Gasteiger partial charge >= 0.3 is 0 Å². The third-order valence-corrected chi connectivity index (χ3v) is 2.26. The van der Waals surface area contributed by atoms with E-state index in [0.29, 0.717) is 6.61 Å². The van der Waals surface area contributed by atoms with E-state index in [-0.39, 0.29) is 6.29 Å². The zero-order chi connectivity index (χ0) is 12.0. The van der Waals surface area contributed by atoms with Gasteiger partial charge in [0.2, 0.25) is 0 Å². The normalized spacial score (nSPS) is 13.8. The van der Waals surface area contributed by atoms with Crippen molar-refractivity contribution in [2.75, 3.05) is 6.61 Å². The Morgan fingerprint density at radius 2 is 1.81 bits per heavy atom. The van der Waals surface area contributed by atoms with Crippen molar-refractivity contribution in [3.8, 4) is 0 Å². The second-order valence-corrected chi connectivity index (χ2v) is 4.08. The molecule has 16 heavy (non-hydrogen) atoms. The van der Waals surface area contributed by atoms with Crippen LogP contribution in [0.15, 0.2) is 30.3 Å². The molecule has 1 atom stereocenters. The summed E-state index contributed by atoms with van der Waals surface area (Å²) in [7, 11) is 0. The van der Waals surface area contributed by atoms with Gasteiger partial charge in [0.15, 0.2) is 6.29 Å². The Balaban J connectivity index is 2.52. The van der Waals surface area contributed by atoms with Gasteiger partial charge in [-0.3, -0.25) is 0 Å². The molecule has 0 saturated heterocycles. The van der Waals surface area contributed by atoms with Crippen LogP contribution in [0.1, 0.15) is 33.3 Å². The number of ether oxygens (including phenoxy) is 1. The lowest BCUT2D eigenvalue weighted by Crippen LogP contribution is -2.25. The quantitative estimate of drug-likeness (QED) is 0.422. The monoisotopic (exact) mass is 224 g/mol. The lowest BCUT2D eigenvalue weighted by molar-refractivity contribution is -0.418. The number of hydrogen-bond donors (Lipinski definition) is 0. The molecule has 0 amide bonds. The third kappa shape index (κ3) is 3.93. The Bertz CT molecular complexity index is 295. The maximum Gasteiger partial charge on any atom is 0.188 e. The summed E-state index contributed by atoms with van der Waals surface area (Å²) in [5.74, 6) is 0. The molecule has 1 aromatic rings. The van der Waals surface area contributed by atoms with Crippen LogP contribution in [-0.2, 0) is 20.1 Å². The Hall–Kier alpha value is -0.900. The molecule has 0 heterocycles. The minimum absolute atomic E-state index is 0.354. The fourth-order valence-electron chi connectivity index (χ4n) is 1.34. The van der Waals surface area contributed by atoms with Crippen molar-refractivity contribution in [2.45, 2.75) is 39.6 Å². The van der Waals surface area contributed by atoms with Gasteiger partial charge in [-0.2, -0.15) is 0 Å². The van der Waals surface area contributed by atoms with E-state index in [0.717, 1.165) is 5.56 Å². The molecule has 0 aliphatic heterocycles. The minimum atomic E-state index is -0.480. The molecule has 1 unspecified atom stereocenters. The first kappa shape index (κ1) is 13.2. The fraction of sp³-hybridized carbons (Fsp3) is 0.538. The lowest BCUT2D eigenvalue weighted by Gasteiger charge is -2.25. The first-order valence-electron chi connectivity index (χ1n) is 5.58. The van der Waals surface area contributed by atoms with Gasteiger partial charge in [-0.05, 0) is 33.3 Å². The Kier molecular flexibility index (Phi) is 4.93. The molecule has 0 fully saturated rings. The van der Waals surface area contributed by atoms with Crippen LogP contribution in [0.25, 0.3) is 0 Å². The highest BCUT2D eigenvalue weighted by molar-refractivity contribution is 5.20. The van der Waals surface area contributed by atoms with Crippen molar-refractivity contribution in [2.24, 2.45) is 0 Å².